The Morgan fingerprint density at radius 1 is 1.41 bits per heavy atom. The van der Waals surface area contributed by atoms with Gasteiger partial charge in [0.05, 0.1) is 0 Å². The summed E-state index contributed by atoms with van der Waals surface area (Å²) in [5, 5.41) is 14.2. The van der Waals surface area contributed by atoms with Gasteiger partial charge in [-0.15, -0.1) is 0 Å². The van der Waals surface area contributed by atoms with Crippen molar-refractivity contribution in [2.24, 2.45) is 0 Å². The van der Waals surface area contributed by atoms with E-state index in [1.165, 1.54) is 18.7 Å². The summed E-state index contributed by atoms with van der Waals surface area (Å²) >= 11 is 1.51. The number of hydrogen-bond donors (Lipinski definition) is 3. The molecule has 6 nitrogen and oxygen atoms in total. The van der Waals surface area contributed by atoms with Crippen molar-refractivity contribution in [3.63, 3.8) is 0 Å². The molecule has 0 spiro atoms. The number of carboxylic acid groups (broad SMARTS) is 1. The fourth-order valence-electron chi connectivity index (χ4n) is 1.57. The highest BCUT2D eigenvalue weighted by atomic mass is 32.2. The molecule has 0 aliphatic carbocycles. The Bertz CT molecular complexity index is 326. The number of thioether (sulfide) groups is 1. The topological polar surface area (TPSA) is 95.5 Å². The first-order valence-electron chi connectivity index (χ1n) is 5.33. The van der Waals surface area contributed by atoms with Crippen molar-refractivity contribution in [2.45, 2.75) is 25.3 Å². The quantitative estimate of drug-likeness (QED) is 0.624. The van der Waals surface area contributed by atoms with Gasteiger partial charge in [-0.2, -0.15) is 11.8 Å². The second-order valence-electron chi connectivity index (χ2n) is 3.97. The summed E-state index contributed by atoms with van der Waals surface area (Å²) in [6.07, 6.45) is 0.540. The Morgan fingerprint density at radius 3 is 2.59 bits per heavy atom. The van der Waals surface area contributed by atoms with Crippen LogP contribution >= 0.6 is 11.8 Å². The minimum absolute atomic E-state index is 0.0965. The van der Waals surface area contributed by atoms with Crippen LogP contribution in [0.15, 0.2) is 0 Å². The molecule has 1 aliphatic rings. The predicted molar refractivity (Wildman–Crippen MR) is 63.8 cm³/mol. The first-order chi connectivity index (χ1) is 7.96. The first kappa shape index (κ1) is 13.8. The molecule has 1 rings (SSSR count). The summed E-state index contributed by atoms with van der Waals surface area (Å²) < 4.78 is 0. The zero-order valence-electron chi connectivity index (χ0n) is 9.62. The lowest BCUT2D eigenvalue weighted by molar-refractivity contribution is -0.146. The molecule has 1 aliphatic heterocycles. The molecule has 1 fully saturated rings. The van der Waals surface area contributed by atoms with Gasteiger partial charge in [-0.1, -0.05) is 0 Å². The third kappa shape index (κ3) is 3.92. The maximum absolute atomic E-state index is 11.6. The van der Waals surface area contributed by atoms with Crippen LogP contribution < -0.4 is 10.6 Å². The van der Waals surface area contributed by atoms with Gasteiger partial charge in [-0.3, -0.25) is 9.59 Å². The van der Waals surface area contributed by atoms with Crippen molar-refractivity contribution < 1.29 is 19.5 Å². The Hall–Kier alpha value is -1.24. The Balaban J connectivity index is 2.43. The van der Waals surface area contributed by atoms with Crippen LogP contribution in [-0.2, 0) is 14.4 Å². The molecule has 0 radical (unpaired) electrons. The summed E-state index contributed by atoms with van der Waals surface area (Å²) in [6.45, 7) is 1.59. The predicted octanol–water partition coefficient (Wildman–Crippen LogP) is -0.411. The van der Waals surface area contributed by atoms with Crippen LogP contribution in [0.3, 0.4) is 0 Å². The van der Waals surface area contributed by atoms with E-state index in [4.69, 9.17) is 5.11 Å². The third-order valence-corrected chi connectivity index (χ3v) is 3.73. The van der Waals surface area contributed by atoms with Crippen LogP contribution in [0.25, 0.3) is 0 Å². The molecule has 17 heavy (non-hydrogen) atoms. The van der Waals surface area contributed by atoms with E-state index in [-0.39, 0.29) is 24.8 Å². The second kappa shape index (κ2) is 5.90. The van der Waals surface area contributed by atoms with E-state index in [0.29, 0.717) is 12.2 Å². The van der Waals surface area contributed by atoms with Crippen LogP contribution in [0.4, 0.5) is 0 Å². The second-order valence-corrected chi connectivity index (χ2v) is 5.08. The Labute approximate surface area is 104 Å². The standard InChI is InChI=1S/C10H16N2O4S/c1-7(13)11-4-2-8(14)12-10(9(15)16)3-5-17-6-10/h2-6H2,1H3,(H,11,13)(H,12,14)(H,15,16). The van der Waals surface area contributed by atoms with Crippen molar-refractivity contribution >= 4 is 29.5 Å². The zero-order valence-corrected chi connectivity index (χ0v) is 10.4. The fourth-order valence-corrected chi connectivity index (χ4v) is 2.89. The van der Waals surface area contributed by atoms with Gasteiger partial charge in [0.2, 0.25) is 11.8 Å². The molecule has 0 saturated carbocycles. The van der Waals surface area contributed by atoms with Crippen LogP contribution in [-0.4, -0.2) is 46.5 Å². The highest BCUT2D eigenvalue weighted by Crippen LogP contribution is 2.28. The molecule has 96 valence electrons. The fraction of sp³-hybridized carbons (Fsp3) is 0.700. The number of nitrogens with one attached hydrogen (secondary N) is 2. The number of hydrogen-bond acceptors (Lipinski definition) is 4. The molecule has 1 saturated heterocycles. The van der Waals surface area contributed by atoms with Crippen LogP contribution in [0.2, 0.25) is 0 Å². The average Bonchev–Trinajstić information content (AvgIpc) is 2.66. The van der Waals surface area contributed by atoms with Crippen LogP contribution in [0, 0.1) is 0 Å². The number of carbonyl (C=O) groups excluding carboxylic acids is 2. The van der Waals surface area contributed by atoms with Crippen molar-refractivity contribution in [2.75, 3.05) is 18.1 Å². The molecule has 0 aromatic heterocycles. The number of carbonyl (C=O) groups is 3. The first-order valence-corrected chi connectivity index (χ1v) is 6.48. The molecular formula is C10H16N2O4S. The van der Waals surface area contributed by atoms with Gasteiger partial charge >= 0.3 is 5.97 Å². The van der Waals surface area contributed by atoms with Crippen LogP contribution in [0.5, 0.6) is 0 Å². The van der Waals surface area contributed by atoms with Gasteiger partial charge in [0.1, 0.15) is 5.54 Å². The summed E-state index contributed by atoms with van der Waals surface area (Å²) in [5.74, 6) is -0.409. The molecule has 1 atom stereocenters. The molecule has 3 N–H and O–H groups in total. The number of rotatable bonds is 5. The largest absolute Gasteiger partial charge is 0.479 e. The minimum Gasteiger partial charge on any atom is -0.479 e. The number of aliphatic carboxylic acids is 1. The summed E-state index contributed by atoms with van der Waals surface area (Å²) in [4.78, 5) is 33.3. The van der Waals surface area contributed by atoms with E-state index in [9.17, 15) is 14.4 Å². The van der Waals surface area contributed by atoms with Gasteiger partial charge in [-0.25, -0.2) is 4.79 Å². The number of carboxylic acids is 1. The van der Waals surface area contributed by atoms with Crippen molar-refractivity contribution in [3.8, 4) is 0 Å². The lowest BCUT2D eigenvalue weighted by atomic mass is 9.99. The SMILES string of the molecule is CC(=O)NCCC(=O)NC1(C(=O)O)CCSC1. The van der Waals surface area contributed by atoms with E-state index in [2.05, 4.69) is 10.6 Å². The summed E-state index contributed by atoms with van der Waals surface area (Å²) in [5.41, 5.74) is -1.13. The average molecular weight is 260 g/mol. The van der Waals surface area contributed by atoms with E-state index >= 15 is 0 Å². The molecule has 7 heteroatoms. The van der Waals surface area contributed by atoms with E-state index in [1.807, 2.05) is 0 Å². The minimum atomic E-state index is -1.13. The number of amides is 2. The zero-order chi connectivity index (χ0) is 12.9. The maximum atomic E-state index is 11.6. The maximum Gasteiger partial charge on any atom is 0.330 e. The van der Waals surface area contributed by atoms with Crippen LogP contribution in [0.1, 0.15) is 19.8 Å². The highest BCUT2D eigenvalue weighted by molar-refractivity contribution is 7.99. The normalized spacial score (nSPS) is 23.1. The van der Waals surface area contributed by atoms with Crippen molar-refractivity contribution in [1.82, 2.24) is 10.6 Å². The van der Waals surface area contributed by atoms with Crippen molar-refractivity contribution in [3.05, 3.63) is 0 Å². The lowest BCUT2D eigenvalue weighted by Gasteiger charge is -2.24. The van der Waals surface area contributed by atoms with E-state index in [1.54, 1.807) is 0 Å². The Kier molecular flexibility index (Phi) is 4.80. The monoisotopic (exact) mass is 260 g/mol. The Morgan fingerprint density at radius 2 is 2.12 bits per heavy atom. The third-order valence-electron chi connectivity index (χ3n) is 2.54. The van der Waals surface area contributed by atoms with Gasteiger partial charge in [0.25, 0.3) is 0 Å². The smallest absolute Gasteiger partial charge is 0.330 e. The molecular weight excluding hydrogens is 244 g/mol. The van der Waals surface area contributed by atoms with Crippen molar-refractivity contribution in [1.29, 1.82) is 0 Å². The summed E-state index contributed by atoms with van der Waals surface area (Å²) in [6, 6.07) is 0. The molecule has 2 amide bonds. The van der Waals surface area contributed by atoms with Gasteiger partial charge in [0.15, 0.2) is 0 Å². The molecule has 0 aromatic carbocycles. The molecule has 1 unspecified atom stereocenters. The van der Waals surface area contributed by atoms with Gasteiger partial charge in [0, 0.05) is 25.6 Å². The molecule has 0 aromatic rings. The highest BCUT2D eigenvalue weighted by Gasteiger charge is 2.43. The van der Waals surface area contributed by atoms with Gasteiger partial charge in [-0.05, 0) is 12.2 Å². The van der Waals surface area contributed by atoms with Gasteiger partial charge < -0.3 is 15.7 Å². The summed E-state index contributed by atoms with van der Waals surface area (Å²) in [7, 11) is 0. The molecule has 1 heterocycles. The molecule has 0 bridgehead atoms. The van der Waals surface area contributed by atoms with E-state index in [0.717, 1.165) is 5.75 Å². The van der Waals surface area contributed by atoms with E-state index < -0.39 is 11.5 Å². The lowest BCUT2D eigenvalue weighted by Crippen LogP contribution is -2.55.